The number of carbonyl (C=O) groups is 4. The zero-order valence-electron chi connectivity index (χ0n) is 22.4. The largest absolute Gasteiger partial charge is 0.481 e. The Balaban J connectivity index is 1.57. The average Bonchev–Trinajstić information content (AvgIpc) is 3.26. The number of hydrogen-bond acceptors (Lipinski definition) is 7. The Labute approximate surface area is 238 Å². The summed E-state index contributed by atoms with van der Waals surface area (Å²) in [7, 11) is -1.47. The van der Waals surface area contributed by atoms with Crippen molar-refractivity contribution in [3.05, 3.63) is 58.9 Å². The summed E-state index contributed by atoms with van der Waals surface area (Å²) in [4.78, 5) is 52.6. The van der Waals surface area contributed by atoms with E-state index in [1.54, 1.807) is 18.2 Å². The van der Waals surface area contributed by atoms with Crippen molar-refractivity contribution in [2.45, 2.75) is 43.8 Å². The first-order valence-corrected chi connectivity index (χ1v) is 14.1. The smallest absolute Gasteiger partial charge is 0.305 e. The van der Waals surface area contributed by atoms with Gasteiger partial charge in [0.1, 0.15) is 24.7 Å². The highest BCUT2D eigenvalue weighted by Gasteiger charge is 2.45. The van der Waals surface area contributed by atoms with Crippen molar-refractivity contribution in [1.82, 2.24) is 14.3 Å². The highest BCUT2D eigenvalue weighted by molar-refractivity contribution is 7.87. The van der Waals surface area contributed by atoms with E-state index in [1.807, 2.05) is 0 Å². The van der Waals surface area contributed by atoms with Crippen molar-refractivity contribution in [2.24, 2.45) is 0 Å². The van der Waals surface area contributed by atoms with Crippen molar-refractivity contribution in [2.75, 3.05) is 25.6 Å². The molecule has 42 heavy (non-hydrogen) atoms. The van der Waals surface area contributed by atoms with Crippen LogP contribution in [0.2, 0.25) is 0 Å². The summed E-state index contributed by atoms with van der Waals surface area (Å²) in [5.41, 5.74) is 1.72. The molecule has 2 aliphatic heterocycles. The van der Waals surface area contributed by atoms with Gasteiger partial charge in [0.25, 0.3) is 10.2 Å². The number of aryl methyl sites for hydroxylation is 1. The number of ether oxygens (including phenoxy) is 1. The number of carboxylic acids is 1. The van der Waals surface area contributed by atoms with Gasteiger partial charge in [0.2, 0.25) is 17.6 Å². The molecule has 2 aliphatic rings. The number of halogens is 3. The molecule has 226 valence electrons. The van der Waals surface area contributed by atoms with E-state index >= 15 is 0 Å². The first-order valence-electron chi connectivity index (χ1n) is 12.7. The Kier molecular flexibility index (Phi) is 8.89. The topological polar surface area (TPSA) is 162 Å². The molecule has 0 fully saturated rings. The van der Waals surface area contributed by atoms with Crippen molar-refractivity contribution in [3.63, 3.8) is 0 Å². The van der Waals surface area contributed by atoms with Crippen molar-refractivity contribution >= 4 is 39.5 Å². The maximum absolute atomic E-state index is 13.9. The molecule has 0 spiro atoms. The summed E-state index contributed by atoms with van der Waals surface area (Å²) in [5, 5.41) is 11.6. The van der Waals surface area contributed by atoms with Crippen LogP contribution in [0.4, 0.5) is 18.9 Å². The van der Waals surface area contributed by atoms with Gasteiger partial charge in [-0.25, -0.2) is 8.78 Å². The lowest BCUT2D eigenvalue weighted by atomic mass is 10.0. The normalized spacial score (nSPS) is 18.8. The summed E-state index contributed by atoms with van der Waals surface area (Å²) in [5.74, 6) is -9.87. The van der Waals surface area contributed by atoms with Crippen LogP contribution in [-0.2, 0) is 42.2 Å². The molecule has 1 unspecified atom stereocenters. The van der Waals surface area contributed by atoms with Crippen molar-refractivity contribution in [3.8, 4) is 5.75 Å². The Bertz CT molecular complexity index is 1550. The van der Waals surface area contributed by atoms with Crippen LogP contribution in [0.3, 0.4) is 0 Å². The molecule has 0 aliphatic carbocycles. The molecule has 0 bridgehead atoms. The standard InChI is InChI=1S/C26H27F3N4O8S/c1-32(2)42(39,40)31-17-9-6-13-4-3-5-14-10-19(33(23(13)14)26(17)38)25(37)30-18(11-21(35)36)20(34)12-41-24-16(28)8-7-15(27)22(24)29/h3-5,7-8,17-19,31H,6,9-12H2,1-2H3,(H,30,37)(H,35,36)/t17-,18?,19-/m0/s1. The molecule has 4 rings (SSSR count). The van der Waals surface area contributed by atoms with Gasteiger partial charge < -0.3 is 15.2 Å². The predicted octanol–water partition coefficient (Wildman–Crippen LogP) is 0.680. The number of hydrogen-bond donors (Lipinski definition) is 3. The molecular formula is C26H27F3N4O8S. The van der Waals surface area contributed by atoms with Gasteiger partial charge in [-0.3, -0.25) is 24.1 Å². The minimum atomic E-state index is -4.03. The lowest BCUT2D eigenvalue weighted by Crippen LogP contribution is -2.57. The fourth-order valence-electron chi connectivity index (χ4n) is 4.81. The lowest BCUT2D eigenvalue weighted by Gasteiger charge is -2.29. The molecule has 2 aromatic rings. The van der Waals surface area contributed by atoms with Gasteiger partial charge in [0, 0.05) is 20.5 Å². The molecular weight excluding hydrogens is 585 g/mol. The third-order valence-electron chi connectivity index (χ3n) is 6.93. The second kappa shape index (κ2) is 12.1. The Morgan fingerprint density at radius 2 is 1.79 bits per heavy atom. The Morgan fingerprint density at radius 3 is 2.45 bits per heavy atom. The molecule has 2 heterocycles. The van der Waals surface area contributed by atoms with E-state index in [1.165, 1.54) is 14.1 Å². The second-order valence-electron chi connectivity index (χ2n) is 9.94. The number of nitrogens with zero attached hydrogens (tertiary/aromatic N) is 2. The van der Waals surface area contributed by atoms with Crippen LogP contribution in [0.25, 0.3) is 0 Å². The van der Waals surface area contributed by atoms with Crippen LogP contribution in [0.15, 0.2) is 30.3 Å². The number of para-hydroxylation sites is 1. The second-order valence-corrected chi connectivity index (χ2v) is 11.9. The number of nitrogens with one attached hydrogen (secondary N) is 2. The number of amides is 2. The summed E-state index contributed by atoms with van der Waals surface area (Å²) >= 11 is 0. The maximum atomic E-state index is 13.9. The van der Waals surface area contributed by atoms with Gasteiger partial charge in [0.15, 0.2) is 23.2 Å². The van der Waals surface area contributed by atoms with E-state index in [-0.39, 0.29) is 12.8 Å². The third kappa shape index (κ3) is 6.24. The van der Waals surface area contributed by atoms with Gasteiger partial charge in [-0.1, -0.05) is 18.2 Å². The first kappa shape index (κ1) is 30.9. The number of rotatable bonds is 11. The molecule has 2 aromatic carbocycles. The summed E-state index contributed by atoms with van der Waals surface area (Å²) in [6.45, 7) is -1.11. The van der Waals surface area contributed by atoms with E-state index in [9.17, 15) is 45.9 Å². The van der Waals surface area contributed by atoms with E-state index in [2.05, 4.69) is 10.0 Å². The number of ketones is 1. The van der Waals surface area contributed by atoms with Crippen LogP contribution >= 0.6 is 0 Å². The van der Waals surface area contributed by atoms with Crippen LogP contribution in [0, 0.1) is 17.5 Å². The molecule has 16 heteroatoms. The molecule has 0 radical (unpaired) electrons. The monoisotopic (exact) mass is 612 g/mol. The molecule has 3 N–H and O–H groups in total. The number of carbonyl (C=O) groups excluding carboxylic acids is 3. The van der Waals surface area contributed by atoms with Gasteiger partial charge >= 0.3 is 5.97 Å². The lowest BCUT2D eigenvalue weighted by molar-refractivity contribution is -0.140. The van der Waals surface area contributed by atoms with Crippen LogP contribution < -0.4 is 19.7 Å². The molecule has 2 amide bonds. The van der Waals surface area contributed by atoms with Gasteiger partial charge in [-0.2, -0.15) is 21.8 Å². The molecule has 12 nitrogen and oxygen atoms in total. The maximum Gasteiger partial charge on any atom is 0.305 e. The first-order chi connectivity index (χ1) is 19.7. The van der Waals surface area contributed by atoms with Crippen molar-refractivity contribution in [1.29, 1.82) is 0 Å². The zero-order valence-corrected chi connectivity index (χ0v) is 23.2. The fourth-order valence-corrected chi connectivity index (χ4v) is 5.60. The molecule has 0 saturated heterocycles. The van der Waals surface area contributed by atoms with Crippen LogP contribution in [-0.4, -0.2) is 80.2 Å². The fraction of sp³-hybridized carbons (Fsp3) is 0.385. The van der Waals surface area contributed by atoms with Gasteiger partial charge in [0.05, 0.1) is 12.1 Å². The van der Waals surface area contributed by atoms with E-state index in [0.29, 0.717) is 35.4 Å². The Hall–Kier alpha value is -4.02. The van der Waals surface area contributed by atoms with E-state index in [4.69, 9.17) is 4.74 Å². The quantitative estimate of drug-likeness (QED) is 0.312. The highest BCUT2D eigenvalue weighted by atomic mass is 32.2. The van der Waals surface area contributed by atoms with E-state index < -0.39 is 88.1 Å². The SMILES string of the molecule is CN(C)S(=O)(=O)N[C@H]1CCc2cccc3c2N(C1=O)[C@H](C(=O)NC(CC(=O)O)C(=O)COc1c(F)ccc(F)c1F)C3. The minimum absolute atomic E-state index is 0.0158. The van der Waals surface area contributed by atoms with Crippen LogP contribution in [0.1, 0.15) is 24.0 Å². The van der Waals surface area contributed by atoms with Gasteiger partial charge in [-0.15, -0.1) is 0 Å². The number of carboxylic acid groups (broad SMARTS) is 1. The summed E-state index contributed by atoms with van der Waals surface area (Å²) < 4.78 is 74.3. The number of Topliss-reactive ketones (excluding diaryl/α,β-unsaturated/α-hetero) is 1. The molecule has 0 aromatic heterocycles. The summed E-state index contributed by atoms with van der Waals surface area (Å²) in [6.07, 6.45) is -0.548. The third-order valence-corrected chi connectivity index (χ3v) is 8.47. The molecule has 3 atom stereocenters. The van der Waals surface area contributed by atoms with Gasteiger partial charge in [-0.05, 0) is 36.1 Å². The zero-order chi connectivity index (χ0) is 30.9. The highest BCUT2D eigenvalue weighted by Crippen LogP contribution is 2.39. The van der Waals surface area contributed by atoms with Crippen LogP contribution in [0.5, 0.6) is 5.75 Å². The summed E-state index contributed by atoms with van der Waals surface area (Å²) in [6, 6.07) is 1.98. The molecule has 0 saturated carbocycles. The number of aliphatic carboxylic acids is 1. The average molecular weight is 613 g/mol. The van der Waals surface area contributed by atoms with Crippen molar-refractivity contribution < 1.29 is 50.6 Å². The van der Waals surface area contributed by atoms with E-state index in [0.717, 1.165) is 9.21 Å². The minimum Gasteiger partial charge on any atom is -0.481 e. The Morgan fingerprint density at radius 1 is 1.12 bits per heavy atom. The predicted molar refractivity (Wildman–Crippen MR) is 140 cm³/mol. The number of benzene rings is 2. The number of anilines is 1.